The van der Waals surface area contributed by atoms with Crippen LogP contribution in [0.5, 0.6) is 0 Å². The van der Waals surface area contributed by atoms with Gasteiger partial charge in [0.15, 0.2) is 0 Å². The van der Waals surface area contributed by atoms with Gasteiger partial charge in [-0.1, -0.05) is 86.3 Å². The van der Waals surface area contributed by atoms with Gasteiger partial charge in [-0.2, -0.15) is 0 Å². The van der Waals surface area contributed by atoms with Crippen LogP contribution in [0, 0.1) is 0 Å². The fourth-order valence-corrected chi connectivity index (χ4v) is 5.14. The van der Waals surface area contributed by atoms with E-state index in [1.807, 2.05) is 6.07 Å². The number of fused-ring (bicyclic) bond motifs is 1. The first-order valence-corrected chi connectivity index (χ1v) is 10.7. The van der Waals surface area contributed by atoms with Gasteiger partial charge in [0.05, 0.1) is 0 Å². The molecule has 23 heavy (non-hydrogen) atoms. The summed E-state index contributed by atoms with van der Waals surface area (Å²) in [6.07, 6.45) is 0. The molecule has 1 nitrogen and oxygen atoms in total. The fourth-order valence-electron chi connectivity index (χ4n) is 2.92. The van der Waals surface area contributed by atoms with E-state index in [4.69, 9.17) is 4.43 Å². The highest BCUT2D eigenvalue weighted by molar-refractivity contribution is 6.86. The molecule has 3 aromatic rings. The first-order valence-electron chi connectivity index (χ1n) is 8.05. The third-order valence-corrected chi connectivity index (χ3v) is 8.10. The van der Waals surface area contributed by atoms with Gasteiger partial charge in [0, 0.05) is 5.56 Å². The van der Waals surface area contributed by atoms with Crippen molar-refractivity contribution < 1.29 is 4.43 Å². The maximum Gasteiger partial charge on any atom is 0.279 e. The van der Waals surface area contributed by atoms with Crippen LogP contribution < -0.4 is 5.19 Å². The van der Waals surface area contributed by atoms with Gasteiger partial charge in [0.2, 0.25) is 0 Å². The lowest BCUT2D eigenvalue weighted by atomic mass is 10.0. The average Bonchev–Trinajstić information content (AvgIpc) is 2.61. The molecule has 0 amide bonds. The van der Waals surface area contributed by atoms with Crippen LogP contribution in [0.4, 0.5) is 0 Å². The van der Waals surface area contributed by atoms with Gasteiger partial charge >= 0.3 is 0 Å². The lowest BCUT2D eigenvalue weighted by Gasteiger charge is -2.29. The molecular weight excluding hydrogens is 296 g/mol. The average molecular weight is 318 g/mol. The minimum absolute atomic E-state index is 0.779. The van der Waals surface area contributed by atoms with E-state index in [-0.39, 0.29) is 0 Å². The van der Waals surface area contributed by atoms with E-state index in [0.29, 0.717) is 0 Å². The molecule has 116 valence electrons. The summed E-state index contributed by atoms with van der Waals surface area (Å²) in [5.41, 5.74) is 1.09. The molecule has 0 aliphatic heterocycles. The minimum atomic E-state index is -2.03. The van der Waals surface area contributed by atoms with Crippen LogP contribution >= 0.6 is 0 Å². The molecule has 0 fully saturated rings. The van der Waals surface area contributed by atoms with Crippen molar-refractivity contribution in [3.63, 3.8) is 0 Å². The van der Waals surface area contributed by atoms with Crippen LogP contribution in [0.1, 0.15) is 12.5 Å². The Labute approximate surface area is 139 Å². The quantitative estimate of drug-likeness (QED) is 0.456. The Hall–Kier alpha value is -2.32. The summed E-state index contributed by atoms with van der Waals surface area (Å²) >= 11 is 0. The van der Waals surface area contributed by atoms with E-state index in [9.17, 15) is 0 Å². The smallest absolute Gasteiger partial charge is 0.279 e. The van der Waals surface area contributed by atoms with Crippen LogP contribution in [0.25, 0.3) is 16.5 Å². The topological polar surface area (TPSA) is 9.23 Å². The molecule has 0 radical (unpaired) electrons. The van der Waals surface area contributed by atoms with Gasteiger partial charge in [0.25, 0.3) is 8.32 Å². The maximum atomic E-state index is 6.51. The predicted octanol–water partition coefficient (Wildman–Crippen LogP) is 5.33. The summed E-state index contributed by atoms with van der Waals surface area (Å²) in [4.78, 5) is 0. The van der Waals surface area contributed by atoms with E-state index in [1.165, 1.54) is 16.0 Å². The summed E-state index contributed by atoms with van der Waals surface area (Å²) in [6, 6.07) is 26.2. The molecule has 0 saturated heterocycles. The molecule has 0 aliphatic carbocycles. The summed E-state index contributed by atoms with van der Waals surface area (Å²) < 4.78 is 6.51. The van der Waals surface area contributed by atoms with Crippen molar-refractivity contribution in [1.29, 1.82) is 0 Å². The van der Waals surface area contributed by atoms with Gasteiger partial charge in [-0.05, 0) is 28.6 Å². The predicted molar refractivity (Wildman–Crippen MR) is 102 cm³/mol. The molecule has 2 heteroatoms. The Morgan fingerprint density at radius 2 is 1.57 bits per heavy atom. The Balaban J connectivity index is 1.97. The van der Waals surface area contributed by atoms with E-state index in [1.54, 1.807) is 0 Å². The summed E-state index contributed by atoms with van der Waals surface area (Å²) in [5, 5.41) is 3.72. The largest absolute Gasteiger partial charge is 0.539 e. The SMILES string of the molecule is C=C(O[Si](C)(CC)c1ccccc1)c1cccc2ccccc12. The van der Waals surface area contributed by atoms with Crippen LogP contribution in [0.3, 0.4) is 0 Å². The molecule has 0 aromatic heterocycles. The second-order valence-electron chi connectivity index (χ2n) is 6.00. The van der Waals surface area contributed by atoms with Crippen molar-refractivity contribution in [2.75, 3.05) is 0 Å². The molecule has 0 N–H and O–H groups in total. The van der Waals surface area contributed by atoms with Crippen molar-refractivity contribution in [1.82, 2.24) is 0 Å². The number of rotatable bonds is 5. The van der Waals surface area contributed by atoms with Crippen LogP contribution in [0.15, 0.2) is 79.4 Å². The lowest BCUT2D eigenvalue weighted by Crippen LogP contribution is -2.46. The van der Waals surface area contributed by atoms with Crippen molar-refractivity contribution in [3.8, 4) is 0 Å². The zero-order valence-corrected chi connectivity index (χ0v) is 14.8. The van der Waals surface area contributed by atoms with Crippen molar-refractivity contribution in [3.05, 3.63) is 84.9 Å². The molecule has 0 aliphatic rings. The van der Waals surface area contributed by atoms with Crippen molar-refractivity contribution >= 4 is 30.0 Å². The van der Waals surface area contributed by atoms with Crippen LogP contribution in [-0.4, -0.2) is 8.32 Å². The normalized spacial score (nSPS) is 13.5. The van der Waals surface area contributed by atoms with E-state index in [2.05, 4.69) is 86.8 Å². The zero-order chi connectivity index (χ0) is 16.3. The maximum absolute atomic E-state index is 6.51. The minimum Gasteiger partial charge on any atom is -0.539 e. The second kappa shape index (κ2) is 6.43. The van der Waals surface area contributed by atoms with E-state index >= 15 is 0 Å². The number of benzene rings is 3. The number of hydrogen-bond acceptors (Lipinski definition) is 1. The third-order valence-electron chi connectivity index (χ3n) is 4.50. The molecule has 0 spiro atoms. The van der Waals surface area contributed by atoms with Gasteiger partial charge in [-0.15, -0.1) is 0 Å². The Morgan fingerprint density at radius 1 is 0.913 bits per heavy atom. The summed E-state index contributed by atoms with van der Waals surface area (Å²) in [6.45, 7) is 8.71. The first-order chi connectivity index (χ1) is 11.1. The standard InChI is InChI=1S/C21H22OSi/c1-4-23(3,19-13-6-5-7-14-19)22-17(2)20-16-10-12-18-11-8-9-15-21(18)20/h5-16H,2,4H2,1,3H3. The summed E-state index contributed by atoms with van der Waals surface area (Å²) in [7, 11) is -2.03. The van der Waals surface area contributed by atoms with Gasteiger partial charge < -0.3 is 4.43 Å². The Kier molecular flexibility index (Phi) is 4.35. The molecule has 0 bridgehead atoms. The van der Waals surface area contributed by atoms with E-state index < -0.39 is 8.32 Å². The van der Waals surface area contributed by atoms with Crippen molar-refractivity contribution in [2.24, 2.45) is 0 Å². The highest BCUT2D eigenvalue weighted by Crippen LogP contribution is 2.28. The second-order valence-corrected chi connectivity index (χ2v) is 9.95. The van der Waals surface area contributed by atoms with Gasteiger partial charge in [0.1, 0.15) is 5.76 Å². The monoisotopic (exact) mass is 318 g/mol. The Morgan fingerprint density at radius 3 is 2.30 bits per heavy atom. The molecule has 0 heterocycles. The Bertz CT molecular complexity index is 820. The molecule has 3 rings (SSSR count). The van der Waals surface area contributed by atoms with E-state index in [0.717, 1.165) is 17.4 Å². The van der Waals surface area contributed by atoms with Gasteiger partial charge in [-0.3, -0.25) is 0 Å². The van der Waals surface area contributed by atoms with Crippen LogP contribution in [-0.2, 0) is 4.43 Å². The zero-order valence-electron chi connectivity index (χ0n) is 13.8. The van der Waals surface area contributed by atoms with Gasteiger partial charge in [-0.25, -0.2) is 0 Å². The third kappa shape index (κ3) is 3.08. The first kappa shape index (κ1) is 15.6. The molecule has 3 aromatic carbocycles. The highest BCUT2D eigenvalue weighted by atomic mass is 28.4. The molecule has 1 atom stereocenters. The summed E-state index contributed by atoms with van der Waals surface area (Å²) in [5.74, 6) is 0.779. The number of hydrogen-bond donors (Lipinski definition) is 0. The lowest BCUT2D eigenvalue weighted by molar-refractivity contribution is 0.516. The molecule has 0 saturated carbocycles. The highest BCUT2D eigenvalue weighted by Gasteiger charge is 2.32. The molecule has 1 unspecified atom stereocenters. The van der Waals surface area contributed by atoms with Crippen LogP contribution in [0.2, 0.25) is 12.6 Å². The van der Waals surface area contributed by atoms with Crippen molar-refractivity contribution in [2.45, 2.75) is 19.5 Å². The fraction of sp³-hybridized carbons (Fsp3) is 0.143. The molecular formula is C21H22OSi.